The molecule has 3 rings (SSSR count). The van der Waals surface area contributed by atoms with Gasteiger partial charge in [-0.3, -0.25) is 24.6 Å². The number of furan rings is 1. The summed E-state index contributed by atoms with van der Waals surface area (Å²) in [5, 5.41) is 4.30. The Kier molecular flexibility index (Phi) is 6.06. The fraction of sp³-hybridized carbons (Fsp3) is 0.150. The summed E-state index contributed by atoms with van der Waals surface area (Å²) in [6.45, 7) is 2.84. The summed E-state index contributed by atoms with van der Waals surface area (Å²) < 4.78 is 10.0. The monoisotopic (exact) mass is 411 g/mol. The molecule has 0 saturated heterocycles. The quantitative estimate of drug-likeness (QED) is 0.398. The summed E-state index contributed by atoms with van der Waals surface area (Å²) >= 11 is 0. The van der Waals surface area contributed by atoms with E-state index in [2.05, 4.69) is 11.9 Å². The average Bonchev–Trinajstić information content (AvgIpc) is 3.33. The van der Waals surface area contributed by atoms with Crippen LogP contribution in [0.5, 0.6) is 0 Å². The lowest BCUT2D eigenvalue weighted by Gasteiger charge is -2.11. The molecular weight excluding hydrogens is 394 g/mol. The molecule has 30 heavy (non-hydrogen) atoms. The van der Waals surface area contributed by atoms with Gasteiger partial charge in [-0.05, 0) is 30.3 Å². The van der Waals surface area contributed by atoms with E-state index >= 15 is 0 Å². The molecule has 0 saturated carbocycles. The van der Waals surface area contributed by atoms with Gasteiger partial charge in [-0.15, -0.1) is 6.58 Å². The van der Waals surface area contributed by atoms with Crippen molar-refractivity contribution in [2.24, 2.45) is 0 Å². The van der Waals surface area contributed by atoms with Gasteiger partial charge in [-0.2, -0.15) is 0 Å². The van der Waals surface area contributed by atoms with Crippen LogP contribution in [0.3, 0.4) is 0 Å². The molecule has 0 spiro atoms. The summed E-state index contributed by atoms with van der Waals surface area (Å²) in [5.74, 6) is -2.35. The standard InChI is InChI=1S/C20H17N3O7/c1-2-7-21-20(28)22-16(24)11-30-19(27)12-5-6-14-15(9-12)18(26)23(17(14)25)10-13-4-3-8-29-13/h2-6,8-9H,1,7,10-11H2,(H2,21,22,24,28). The van der Waals surface area contributed by atoms with E-state index in [1.165, 1.54) is 30.5 Å². The number of carbonyl (C=O) groups excluding carboxylic acids is 5. The van der Waals surface area contributed by atoms with Crippen LogP contribution in [0, 0.1) is 0 Å². The maximum Gasteiger partial charge on any atom is 0.338 e. The van der Waals surface area contributed by atoms with Crippen LogP contribution in [-0.2, 0) is 16.1 Å². The minimum absolute atomic E-state index is 0.0151. The van der Waals surface area contributed by atoms with Gasteiger partial charge < -0.3 is 14.5 Å². The number of ether oxygens (including phenoxy) is 1. The van der Waals surface area contributed by atoms with Crippen LogP contribution in [0.1, 0.15) is 36.8 Å². The number of imide groups is 2. The van der Waals surface area contributed by atoms with Crippen LogP contribution in [0.15, 0.2) is 53.7 Å². The maximum absolute atomic E-state index is 12.6. The van der Waals surface area contributed by atoms with Crippen molar-refractivity contribution in [2.75, 3.05) is 13.2 Å². The molecule has 10 nitrogen and oxygen atoms in total. The summed E-state index contributed by atoms with van der Waals surface area (Å²) in [4.78, 5) is 61.2. The van der Waals surface area contributed by atoms with Gasteiger partial charge in [0.2, 0.25) is 0 Å². The zero-order valence-corrected chi connectivity index (χ0v) is 15.7. The van der Waals surface area contributed by atoms with E-state index in [1.807, 2.05) is 5.32 Å². The van der Waals surface area contributed by atoms with Crippen molar-refractivity contribution < 1.29 is 33.1 Å². The van der Waals surface area contributed by atoms with Crippen molar-refractivity contribution in [1.82, 2.24) is 15.5 Å². The van der Waals surface area contributed by atoms with Crippen molar-refractivity contribution in [3.8, 4) is 0 Å². The molecule has 5 amide bonds. The summed E-state index contributed by atoms with van der Waals surface area (Å²) in [6.07, 6.45) is 2.86. The predicted molar refractivity (Wildman–Crippen MR) is 101 cm³/mol. The number of hydrogen-bond acceptors (Lipinski definition) is 7. The first-order chi connectivity index (χ1) is 14.4. The lowest BCUT2D eigenvalue weighted by atomic mass is 10.1. The molecule has 1 aromatic heterocycles. The Balaban J connectivity index is 1.62. The van der Waals surface area contributed by atoms with E-state index in [0.29, 0.717) is 5.76 Å². The van der Waals surface area contributed by atoms with Crippen molar-refractivity contribution in [3.63, 3.8) is 0 Å². The number of hydrogen-bond donors (Lipinski definition) is 2. The number of benzene rings is 1. The second-order valence-electron chi connectivity index (χ2n) is 6.16. The van der Waals surface area contributed by atoms with E-state index in [0.717, 1.165) is 4.90 Å². The Hall–Kier alpha value is -4.21. The molecule has 0 aliphatic carbocycles. The van der Waals surface area contributed by atoms with E-state index in [9.17, 15) is 24.0 Å². The largest absolute Gasteiger partial charge is 0.467 e. The molecule has 2 N–H and O–H groups in total. The molecule has 2 heterocycles. The molecule has 0 bridgehead atoms. The highest BCUT2D eigenvalue weighted by molar-refractivity contribution is 6.21. The summed E-state index contributed by atoms with van der Waals surface area (Å²) in [7, 11) is 0. The normalized spacial score (nSPS) is 12.3. The molecule has 1 aliphatic rings. The Morgan fingerprint density at radius 1 is 1.13 bits per heavy atom. The van der Waals surface area contributed by atoms with Gasteiger partial charge in [-0.25, -0.2) is 9.59 Å². The summed E-state index contributed by atoms with van der Waals surface area (Å²) in [5.41, 5.74) is 0.188. The third kappa shape index (κ3) is 4.43. The van der Waals surface area contributed by atoms with Gasteiger partial charge in [0.05, 0.1) is 29.5 Å². The number of urea groups is 1. The molecule has 1 aliphatic heterocycles. The van der Waals surface area contributed by atoms with Gasteiger partial charge in [0.15, 0.2) is 6.61 Å². The Morgan fingerprint density at radius 3 is 2.60 bits per heavy atom. The van der Waals surface area contributed by atoms with Crippen LogP contribution in [0.25, 0.3) is 0 Å². The first-order valence-corrected chi connectivity index (χ1v) is 8.79. The highest BCUT2D eigenvalue weighted by Crippen LogP contribution is 2.26. The van der Waals surface area contributed by atoms with E-state index < -0.39 is 36.3 Å². The van der Waals surface area contributed by atoms with Crippen LogP contribution in [-0.4, -0.2) is 47.8 Å². The highest BCUT2D eigenvalue weighted by atomic mass is 16.5. The lowest BCUT2D eigenvalue weighted by molar-refractivity contribution is -0.123. The van der Waals surface area contributed by atoms with E-state index in [-0.39, 0.29) is 29.8 Å². The molecule has 2 aromatic rings. The van der Waals surface area contributed by atoms with Crippen molar-refractivity contribution in [3.05, 3.63) is 71.7 Å². The third-order valence-corrected chi connectivity index (χ3v) is 4.09. The molecular formula is C20H17N3O7. The minimum atomic E-state index is -0.885. The fourth-order valence-electron chi connectivity index (χ4n) is 2.71. The van der Waals surface area contributed by atoms with Crippen LogP contribution >= 0.6 is 0 Å². The van der Waals surface area contributed by atoms with Gasteiger partial charge in [-0.1, -0.05) is 6.08 Å². The SMILES string of the molecule is C=CCNC(=O)NC(=O)COC(=O)c1ccc2c(c1)C(=O)N(Cc1ccco1)C2=O. The fourth-order valence-corrected chi connectivity index (χ4v) is 2.71. The Bertz CT molecular complexity index is 1030. The summed E-state index contributed by atoms with van der Waals surface area (Å²) in [6, 6.07) is 6.41. The number of fused-ring (bicyclic) bond motifs is 1. The molecule has 154 valence electrons. The van der Waals surface area contributed by atoms with Gasteiger partial charge in [0, 0.05) is 6.54 Å². The second kappa shape index (κ2) is 8.86. The Labute approximate surface area is 170 Å². The van der Waals surface area contributed by atoms with Crippen LogP contribution < -0.4 is 10.6 Å². The van der Waals surface area contributed by atoms with Crippen LogP contribution in [0.2, 0.25) is 0 Å². The number of nitrogens with one attached hydrogen (secondary N) is 2. The zero-order valence-electron chi connectivity index (χ0n) is 15.7. The van der Waals surface area contributed by atoms with E-state index in [1.54, 1.807) is 12.1 Å². The Morgan fingerprint density at radius 2 is 1.90 bits per heavy atom. The zero-order chi connectivity index (χ0) is 21.7. The lowest BCUT2D eigenvalue weighted by Crippen LogP contribution is -2.41. The molecule has 0 radical (unpaired) electrons. The first-order valence-electron chi connectivity index (χ1n) is 8.79. The minimum Gasteiger partial charge on any atom is -0.467 e. The molecule has 0 fully saturated rings. The first kappa shape index (κ1) is 20.5. The average molecular weight is 411 g/mol. The predicted octanol–water partition coefficient (Wildman–Crippen LogP) is 1.24. The number of carbonyl (C=O) groups is 5. The molecule has 0 atom stereocenters. The second-order valence-corrected chi connectivity index (χ2v) is 6.16. The topological polar surface area (TPSA) is 135 Å². The van der Waals surface area contributed by atoms with Gasteiger partial charge in [0.25, 0.3) is 17.7 Å². The smallest absolute Gasteiger partial charge is 0.338 e. The highest BCUT2D eigenvalue weighted by Gasteiger charge is 2.36. The van der Waals surface area contributed by atoms with Crippen molar-refractivity contribution in [1.29, 1.82) is 0 Å². The van der Waals surface area contributed by atoms with Crippen LogP contribution in [0.4, 0.5) is 4.79 Å². The van der Waals surface area contributed by atoms with Crippen molar-refractivity contribution >= 4 is 29.7 Å². The molecule has 0 unspecified atom stereocenters. The molecule has 1 aromatic carbocycles. The van der Waals surface area contributed by atoms with E-state index in [4.69, 9.17) is 9.15 Å². The number of esters is 1. The van der Waals surface area contributed by atoms with Gasteiger partial charge >= 0.3 is 12.0 Å². The third-order valence-electron chi connectivity index (χ3n) is 4.09. The number of amides is 5. The number of nitrogens with zero attached hydrogens (tertiary/aromatic N) is 1. The van der Waals surface area contributed by atoms with Crippen molar-refractivity contribution in [2.45, 2.75) is 6.54 Å². The maximum atomic E-state index is 12.6. The molecule has 10 heteroatoms. The van der Waals surface area contributed by atoms with Gasteiger partial charge in [0.1, 0.15) is 5.76 Å². The number of rotatable bonds is 7.